The van der Waals surface area contributed by atoms with Crippen molar-refractivity contribution < 1.29 is 4.74 Å². The molecule has 1 aromatic carbocycles. The Balaban J connectivity index is 0.000000538. The van der Waals surface area contributed by atoms with E-state index in [1.807, 2.05) is 41.5 Å². The van der Waals surface area contributed by atoms with Crippen molar-refractivity contribution in [3.05, 3.63) is 29.3 Å². The summed E-state index contributed by atoms with van der Waals surface area (Å²) in [5.41, 5.74) is 2.85. The van der Waals surface area contributed by atoms with Crippen molar-refractivity contribution in [2.75, 3.05) is 0 Å². The van der Waals surface area contributed by atoms with Crippen LogP contribution in [0.1, 0.15) is 72.4 Å². The van der Waals surface area contributed by atoms with Crippen LogP contribution in [-0.2, 0) is 6.42 Å². The highest BCUT2D eigenvalue weighted by Gasteiger charge is 2.47. The van der Waals surface area contributed by atoms with Crippen LogP contribution in [0, 0.1) is 12.8 Å². The lowest BCUT2D eigenvalue weighted by Crippen LogP contribution is -2.32. The molecular weight excluding hydrogens is 244 g/mol. The highest BCUT2D eigenvalue weighted by molar-refractivity contribution is 5.42. The number of rotatable bonds is 1. The van der Waals surface area contributed by atoms with E-state index in [9.17, 15) is 0 Å². The van der Waals surface area contributed by atoms with Crippen molar-refractivity contribution in [2.24, 2.45) is 5.92 Å². The van der Waals surface area contributed by atoms with E-state index in [0.29, 0.717) is 0 Å². The van der Waals surface area contributed by atoms with E-state index in [1.54, 1.807) is 0 Å². The van der Waals surface area contributed by atoms with Gasteiger partial charge in [-0.25, -0.2) is 0 Å². The number of fused-ring (bicyclic) bond motifs is 1. The first-order chi connectivity index (χ1) is 9.67. The standard InChI is InChI=1S/C13H16O.3C2H6/c1-9-3-6-12-10(7-9)8-13(2,14-12)11-4-5-11;3*1-2/h3,6-7,11H,4-5,8H2,1-2H3;3*1-2H3. The Morgan fingerprint density at radius 3 is 2.05 bits per heavy atom. The fraction of sp³-hybridized carbons (Fsp3) is 0.684. The third kappa shape index (κ3) is 4.54. The summed E-state index contributed by atoms with van der Waals surface area (Å²) < 4.78 is 6.07. The van der Waals surface area contributed by atoms with Crippen LogP contribution in [0.2, 0.25) is 0 Å². The van der Waals surface area contributed by atoms with Crippen LogP contribution >= 0.6 is 0 Å². The number of benzene rings is 1. The summed E-state index contributed by atoms with van der Waals surface area (Å²) in [5, 5.41) is 0. The lowest BCUT2D eigenvalue weighted by Gasteiger charge is -2.23. The molecule has 1 aromatic rings. The van der Waals surface area contributed by atoms with E-state index in [0.717, 1.165) is 18.1 Å². The van der Waals surface area contributed by atoms with Crippen molar-refractivity contribution in [1.82, 2.24) is 0 Å². The monoisotopic (exact) mass is 278 g/mol. The van der Waals surface area contributed by atoms with Crippen LogP contribution in [0.25, 0.3) is 0 Å². The van der Waals surface area contributed by atoms with Crippen LogP contribution in [0.15, 0.2) is 18.2 Å². The summed E-state index contributed by atoms with van der Waals surface area (Å²) in [7, 11) is 0. The lowest BCUT2D eigenvalue weighted by atomic mass is 9.94. The topological polar surface area (TPSA) is 9.23 Å². The maximum Gasteiger partial charge on any atom is 0.123 e. The molecule has 0 radical (unpaired) electrons. The van der Waals surface area contributed by atoms with Gasteiger partial charge in [0.05, 0.1) is 0 Å². The molecule has 2 aliphatic rings. The van der Waals surface area contributed by atoms with Crippen LogP contribution in [0.3, 0.4) is 0 Å². The first-order valence-corrected chi connectivity index (χ1v) is 8.46. The third-order valence-electron chi connectivity index (χ3n) is 3.54. The number of aryl methyl sites for hydroxylation is 1. The molecule has 1 atom stereocenters. The van der Waals surface area contributed by atoms with Crippen molar-refractivity contribution in [3.63, 3.8) is 0 Å². The van der Waals surface area contributed by atoms with Gasteiger partial charge >= 0.3 is 0 Å². The minimum atomic E-state index is 0.107. The van der Waals surface area contributed by atoms with Gasteiger partial charge in [-0.2, -0.15) is 0 Å². The van der Waals surface area contributed by atoms with E-state index >= 15 is 0 Å². The Morgan fingerprint density at radius 1 is 1.00 bits per heavy atom. The van der Waals surface area contributed by atoms with Gasteiger partial charge in [-0.05, 0) is 44.2 Å². The predicted octanol–water partition coefficient (Wildman–Crippen LogP) is 6.18. The number of ether oxygens (including phenoxy) is 1. The minimum absolute atomic E-state index is 0.107. The maximum absolute atomic E-state index is 6.07. The molecule has 1 fully saturated rings. The van der Waals surface area contributed by atoms with Crippen LogP contribution in [0.5, 0.6) is 5.75 Å². The first kappa shape index (κ1) is 19.0. The Bertz CT molecular complexity index is 379. The highest BCUT2D eigenvalue weighted by atomic mass is 16.5. The van der Waals surface area contributed by atoms with Crippen molar-refractivity contribution >= 4 is 0 Å². The van der Waals surface area contributed by atoms with E-state index < -0.39 is 0 Å². The average molecular weight is 278 g/mol. The van der Waals surface area contributed by atoms with Gasteiger partial charge in [-0.1, -0.05) is 59.2 Å². The maximum atomic E-state index is 6.07. The van der Waals surface area contributed by atoms with Crippen LogP contribution in [0.4, 0.5) is 0 Å². The van der Waals surface area contributed by atoms with E-state index in [4.69, 9.17) is 4.74 Å². The summed E-state index contributed by atoms with van der Waals surface area (Å²) >= 11 is 0. The molecule has 1 nitrogen and oxygen atoms in total. The summed E-state index contributed by atoms with van der Waals surface area (Å²) in [6.45, 7) is 16.4. The molecule has 3 rings (SSSR count). The molecule has 1 aliphatic heterocycles. The van der Waals surface area contributed by atoms with Gasteiger partial charge in [0, 0.05) is 6.42 Å². The largest absolute Gasteiger partial charge is 0.487 e. The van der Waals surface area contributed by atoms with Gasteiger partial charge in [0.1, 0.15) is 11.4 Å². The van der Waals surface area contributed by atoms with Crippen LogP contribution in [-0.4, -0.2) is 5.60 Å². The van der Waals surface area contributed by atoms with E-state index in [-0.39, 0.29) is 5.60 Å². The van der Waals surface area contributed by atoms with Crippen molar-refractivity contribution in [3.8, 4) is 5.75 Å². The Morgan fingerprint density at radius 2 is 1.55 bits per heavy atom. The quantitative estimate of drug-likeness (QED) is 0.596. The summed E-state index contributed by atoms with van der Waals surface area (Å²) in [6, 6.07) is 6.53. The smallest absolute Gasteiger partial charge is 0.123 e. The second-order valence-corrected chi connectivity index (χ2v) is 4.98. The van der Waals surface area contributed by atoms with E-state index in [1.165, 1.54) is 24.0 Å². The normalized spacial score (nSPS) is 21.8. The Kier molecular flexibility index (Phi) is 8.60. The molecule has 1 heteroatoms. The number of hydrogen-bond acceptors (Lipinski definition) is 1. The highest BCUT2D eigenvalue weighted by Crippen LogP contribution is 2.48. The zero-order valence-corrected chi connectivity index (χ0v) is 14.8. The molecule has 0 spiro atoms. The zero-order chi connectivity index (χ0) is 15.8. The molecule has 1 aliphatic carbocycles. The predicted molar refractivity (Wildman–Crippen MR) is 90.7 cm³/mol. The Hall–Kier alpha value is -0.980. The van der Waals surface area contributed by atoms with Gasteiger partial charge in [0.2, 0.25) is 0 Å². The van der Waals surface area contributed by atoms with Gasteiger partial charge in [0.15, 0.2) is 0 Å². The molecule has 1 saturated carbocycles. The zero-order valence-electron chi connectivity index (χ0n) is 14.8. The molecule has 20 heavy (non-hydrogen) atoms. The van der Waals surface area contributed by atoms with Crippen molar-refractivity contribution in [1.29, 1.82) is 0 Å². The number of hydrogen-bond donors (Lipinski definition) is 0. The minimum Gasteiger partial charge on any atom is -0.487 e. The van der Waals surface area contributed by atoms with Gasteiger partial charge < -0.3 is 4.74 Å². The molecular formula is C19H34O. The molecule has 0 saturated heterocycles. The first-order valence-electron chi connectivity index (χ1n) is 8.46. The second-order valence-electron chi connectivity index (χ2n) is 4.98. The van der Waals surface area contributed by atoms with E-state index in [2.05, 4.69) is 32.0 Å². The fourth-order valence-corrected chi connectivity index (χ4v) is 2.53. The summed E-state index contributed by atoms with van der Waals surface area (Å²) in [5.74, 6) is 1.92. The lowest BCUT2D eigenvalue weighted by molar-refractivity contribution is 0.0909. The average Bonchev–Trinajstić information content (AvgIpc) is 3.29. The Labute approximate surface area is 126 Å². The summed E-state index contributed by atoms with van der Waals surface area (Å²) in [6.07, 6.45) is 3.81. The van der Waals surface area contributed by atoms with Crippen LogP contribution < -0.4 is 4.74 Å². The molecule has 0 bridgehead atoms. The van der Waals surface area contributed by atoms with Crippen molar-refractivity contribution in [2.45, 2.75) is 80.3 Å². The second kappa shape index (κ2) is 9.05. The molecule has 116 valence electrons. The summed E-state index contributed by atoms with van der Waals surface area (Å²) in [4.78, 5) is 0. The SMILES string of the molecule is CC.CC.CC.Cc1ccc2c(c1)CC(C)(C1CC1)O2. The molecule has 0 aromatic heterocycles. The molecule has 1 unspecified atom stereocenters. The molecule has 1 heterocycles. The van der Waals surface area contributed by atoms with Gasteiger partial charge in [-0.3, -0.25) is 0 Å². The molecule has 0 N–H and O–H groups in total. The fourth-order valence-electron chi connectivity index (χ4n) is 2.53. The van der Waals surface area contributed by atoms with Gasteiger partial charge in [0.25, 0.3) is 0 Å². The van der Waals surface area contributed by atoms with Gasteiger partial charge in [-0.15, -0.1) is 0 Å². The molecule has 0 amide bonds. The third-order valence-corrected chi connectivity index (χ3v) is 3.54.